The lowest BCUT2D eigenvalue weighted by atomic mass is 10.2. The van der Waals surface area contributed by atoms with Gasteiger partial charge >= 0.3 is 11.7 Å². The highest BCUT2D eigenvalue weighted by Gasteiger charge is 2.04. The molecule has 0 heterocycles. The van der Waals surface area contributed by atoms with Gasteiger partial charge in [0.05, 0.1) is 5.56 Å². The van der Waals surface area contributed by atoms with Crippen molar-refractivity contribution in [1.82, 2.24) is 0 Å². The summed E-state index contributed by atoms with van der Waals surface area (Å²) in [7, 11) is 0. The first-order valence-electron chi connectivity index (χ1n) is 2.98. The van der Waals surface area contributed by atoms with E-state index in [1.165, 1.54) is 12.1 Å². The Balaban J connectivity index is 3.03. The van der Waals surface area contributed by atoms with Crippen molar-refractivity contribution in [2.45, 2.75) is 0 Å². The van der Waals surface area contributed by atoms with Crippen molar-refractivity contribution in [3.05, 3.63) is 34.7 Å². The van der Waals surface area contributed by atoms with Gasteiger partial charge in [-0.15, -0.1) is 0 Å². The van der Waals surface area contributed by atoms with E-state index in [1.54, 1.807) is 12.1 Å². The highest BCUT2D eigenvalue weighted by molar-refractivity contribution is 5.88. The van der Waals surface area contributed by atoms with E-state index < -0.39 is 5.97 Å². The molecular weight excluding hydrogens is 142 g/mol. The minimum Gasteiger partial charge on any atom is -0.478 e. The Labute approximate surface area is 63.7 Å². The molecule has 0 radical (unpaired) electrons. The van der Waals surface area contributed by atoms with E-state index in [1.807, 2.05) is 0 Å². The third-order valence-corrected chi connectivity index (χ3v) is 1.26. The molecule has 1 aromatic rings. The van der Waals surface area contributed by atoms with Crippen molar-refractivity contribution < 1.29 is 9.90 Å². The standard InChI is InChI=1S/C8H5NO2/c1-9-7-4-2-6(3-5-7)8(10)11/h1-5H/p+1. The predicted octanol–water partition coefficient (Wildman–Crippen LogP) is 1.98. The maximum Gasteiger partial charge on any atom is 0.339 e. The van der Waals surface area contributed by atoms with Gasteiger partial charge in [0.15, 0.2) is 0 Å². The number of aromatic carboxylic acids is 1. The smallest absolute Gasteiger partial charge is 0.339 e. The summed E-state index contributed by atoms with van der Waals surface area (Å²) in [5, 5.41) is 8.49. The fourth-order valence-electron chi connectivity index (χ4n) is 0.690. The molecule has 3 nitrogen and oxygen atoms in total. The van der Waals surface area contributed by atoms with Crippen LogP contribution in [-0.2, 0) is 0 Å². The molecule has 0 aromatic heterocycles. The van der Waals surface area contributed by atoms with E-state index >= 15 is 0 Å². The highest BCUT2D eigenvalue weighted by Crippen LogP contribution is 2.11. The fourth-order valence-corrected chi connectivity index (χ4v) is 0.690. The summed E-state index contributed by atoms with van der Waals surface area (Å²) in [6.07, 6.45) is 0. The molecule has 0 fully saturated rings. The predicted molar refractivity (Wildman–Crippen MR) is 41.4 cm³/mol. The van der Waals surface area contributed by atoms with E-state index in [-0.39, 0.29) is 5.56 Å². The van der Waals surface area contributed by atoms with Gasteiger partial charge in [0.1, 0.15) is 0 Å². The van der Waals surface area contributed by atoms with Gasteiger partial charge in [-0.2, -0.15) is 0 Å². The molecule has 54 valence electrons. The lowest BCUT2D eigenvalue weighted by Crippen LogP contribution is -1.93. The van der Waals surface area contributed by atoms with Crippen molar-refractivity contribution >= 4 is 11.7 Å². The molecule has 0 saturated heterocycles. The Bertz CT molecular complexity index is 308. The zero-order chi connectivity index (χ0) is 8.27. The largest absolute Gasteiger partial charge is 0.478 e. The second-order valence-electron chi connectivity index (χ2n) is 1.98. The van der Waals surface area contributed by atoms with Crippen LogP contribution in [0, 0.1) is 6.57 Å². The second-order valence-corrected chi connectivity index (χ2v) is 1.98. The van der Waals surface area contributed by atoms with E-state index in [9.17, 15) is 4.79 Å². The summed E-state index contributed by atoms with van der Waals surface area (Å²) in [6, 6.07) is 5.99. The fraction of sp³-hybridized carbons (Fsp3) is 0. The lowest BCUT2D eigenvalue weighted by Gasteiger charge is -1.87. The molecule has 0 aliphatic carbocycles. The summed E-state index contributed by atoms with van der Waals surface area (Å²) in [4.78, 5) is 13.7. The molecule has 1 N–H and O–H groups in total. The van der Waals surface area contributed by atoms with E-state index in [0.717, 1.165) is 0 Å². The Kier molecular flexibility index (Phi) is 1.88. The van der Waals surface area contributed by atoms with Crippen molar-refractivity contribution in [2.24, 2.45) is 0 Å². The molecule has 0 saturated carbocycles. The minimum atomic E-state index is -0.950. The first-order valence-corrected chi connectivity index (χ1v) is 2.98. The van der Waals surface area contributed by atoms with Crippen molar-refractivity contribution in [1.29, 1.82) is 0 Å². The summed E-state index contributed by atoms with van der Waals surface area (Å²) < 4.78 is 0. The molecule has 1 rings (SSSR count). The molecule has 0 unspecified atom stereocenters. The van der Waals surface area contributed by atoms with Gasteiger partial charge < -0.3 is 5.11 Å². The van der Waals surface area contributed by atoms with Crippen molar-refractivity contribution in [3.63, 3.8) is 0 Å². The Morgan fingerprint density at radius 1 is 1.36 bits per heavy atom. The summed E-state index contributed by atoms with van der Waals surface area (Å²) in [6.45, 7) is 4.95. The molecule has 0 aliphatic rings. The van der Waals surface area contributed by atoms with E-state index in [4.69, 9.17) is 11.7 Å². The third-order valence-electron chi connectivity index (χ3n) is 1.26. The quantitative estimate of drug-likeness (QED) is 0.661. The van der Waals surface area contributed by atoms with Crippen molar-refractivity contribution in [2.75, 3.05) is 0 Å². The van der Waals surface area contributed by atoms with Crippen LogP contribution in [0.15, 0.2) is 24.3 Å². The van der Waals surface area contributed by atoms with Crippen LogP contribution in [0.2, 0.25) is 0 Å². The number of carboxylic acid groups (broad SMARTS) is 1. The third kappa shape index (κ3) is 1.55. The number of benzene rings is 1. The number of hydrogen-bond acceptors (Lipinski definition) is 1. The minimum absolute atomic E-state index is 0.234. The van der Waals surface area contributed by atoms with Gasteiger partial charge in [-0.05, 0) is 17.0 Å². The summed E-state index contributed by atoms with van der Waals surface area (Å²) >= 11 is 0. The average molecular weight is 148 g/mol. The number of hydrogen-bond donors (Lipinski definition) is 1. The molecule has 0 atom stereocenters. The van der Waals surface area contributed by atoms with Gasteiger partial charge in [0.25, 0.3) is 6.57 Å². The van der Waals surface area contributed by atoms with Crippen molar-refractivity contribution in [3.8, 4) is 6.57 Å². The van der Waals surface area contributed by atoms with Gasteiger partial charge in [-0.3, -0.25) is 0 Å². The molecule has 1 aromatic carbocycles. The summed E-state index contributed by atoms with van der Waals surface area (Å²) in [5.74, 6) is -0.950. The molecule has 3 heteroatoms. The van der Waals surface area contributed by atoms with Crippen LogP contribution in [0.25, 0.3) is 4.85 Å². The zero-order valence-electron chi connectivity index (χ0n) is 5.69. The topological polar surface area (TPSA) is 41.7 Å². The molecule has 11 heavy (non-hydrogen) atoms. The molecular formula is C8H6NO2+. The van der Waals surface area contributed by atoms with Crippen LogP contribution in [0.4, 0.5) is 5.69 Å². The van der Waals surface area contributed by atoms with E-state index in [0.29, 0.717) is 5.69 Å². The van der Waals surface area contributed by atoms with E-state index in [2.05, 4.69) is 4.85 Å². The second kappa shape index (κ2) is 2.84. The average Bonchev–Trinajstić information content (AvgIpc) is 2.05. The maximum absolute atomic E-state index is 10.3. The van der Waals surface area contributed by atoms with Gasteiger partial charge in [0, 0.05) is 12.1 Å². The highest BCUT2D eigenvalue weighted by atomic mass is 16.4. The maximum atomic E-state index is 10.3. The van der Waals surface area contributed by atoms with Gasteiger partial charge in [0.2, 0.25) is 0 Å². The molecule has 0 aliphatic heterocycles. The van der Waals surface area contributed by atoms with Crippen LogP contribution in [0.1, 0.15) is 10.4 Å². The first kappa shape index (κ1) is 7.29. The van der Waals surface area contributed by atoms with Crippen LogP contribution >= 0.6 is 0 Å². The van der Waals surface area contributed by atoms with Gasteiger partial charge in [-0.25, -0.2) is 4.79 Å². The lowest BCUT2D eigenvalue weighted by molar-refractivity contribution is 0.0697. The van der Waals surface area contributed by atoms with Gasteiger partial charge in [-0.1, -0.05) is 0 Å². The Morgan fingerprint density at radius 3 is 2.27 bits per heavy atom. The normalized spacial score (nSPS) is 8.64. The number of carbonyl (C=O) groups is 1. The van der Waals surface area contributed by atoms with Crippen LogP contribution in [0.3, 0.4) is 0 Å². The molecule has 0 amide bonds. The first-order chi connectivity index (χ1) is 5.24. The number of rotatable bonds is 1. The zero-order valence-corrected chi connectivity index (χ0v) is 5.69. The Morgan fingerprint density at radius 2 is 1.91 bits per heavy atom. The SMILES string of the molecule is C#[N+]c1ccc(C(=O)O)cc1. The molecule has 0 spiro atoms. The van der Waals surface area contributed by atoms with Crippen LogP contribution in [-0.4, -0.2) is 11.1 Å². The van der Waals surface area contributed by atoms with Crippen LogP contribution in [0.5, 0.6) is 0 Å². The Hall–Kier alpha value is -1.82. The summed E-state index contributed by atoms with van der Waals surface area (Å²) in [5.41, 5.74) is 0.799. The monoisotopic (exact) mass is 148 g/mol. The number of carboxylic acids is 1. The molecule has 0 bridgehead atoms. The van der Waals surface area contributed by atoms with Crippen LogP contribution < -0.4 is 0 Å². The number of nitrogens with zero attached hydrogens (tertiary/aromatic N) is 1.